The second kappa shape index (κ2) is 8.55. The Hall–Kier alpha value is -1.06. The number of hydrogen-bond acceptors (Lipinski definition) is 3. The molecule has 1 unspecified atom stereocenters. The molecule has 2 rings (SSSR count). The van der Waals surface area contributed by atoms with Gasteiger partial charge in [-0.1, -0.05) is 32.9 Å². The quantitative estimate of drug-likeness (QED) is 0.821. The SMILES string of the molecule is CCOc1ccc(C(C)(C)C)cc1C(CN)C1CCN(C(C)C)CC1. The fourth-order valence-corrected chi connectivity index (χ4v) is 4.00. The number of rotatable bonds is 6. The minimum absolute atomic E-state index is 0.139. The number of nitrogens with two attached hydrogens (primary N) is 1. The highest BCUT2D eigenvalue weighted by atomic mass is 16.5. The highest BCUT2D eigenvalue weighted by molar-refractivity contribution is 5.42. The molecule has 3 nitrogen and oxygen atoms in total. The number of nitrogens with zero attached hydrogens (tertiary/aromatic N) is 1. The summed E-state index contributed by atoms with van der Waals surface area (Å²) in [6.07, 6.45) is 2.46. The standard InChI is InChI=1S/C22H38N2O/c1-7-25-21-9-8-18(22(4,5)6)14-19(21)20(15-23)17-10-12-24(13-11-17)16(2)3/h8-9,14,16-17,20H,7,10-13,15,23H2,1-6H3. The van der Waals surface area contributed by atoms with E-state index in [2.05, 4.69) is 64.6 Å². The number of piperidine rings is 1. The zero-order chi connectivity index (χ0) is 18.6. The molecule has 1 aliphatic heterocycles. The van der Waals surface area contributed by atoms with Gasteiger partial charge in [-0.15, -0.1) is 0 Å². The Morgan fingerprint density at radius 1 is 1.20 bits per heavy atom. The Balaban J connectivity index is 2.29. The summed E-state index contributed by atoms with van der Waals surface area (Å²) in [6.45, 7) is 17.2. The summed E-state index contributed by atoms with van der Waals surface area (Å²) >= 11 is 0. The first-order valence-electron chi connectivity index (χ1n) is 9.99. The minimum Gasteiger partial charge on any atom is -0.494 e. The predicted molar refractivity (Wildman–Crippen MR) is 108 cm³/mol. The first kappa shape index (κ1) is 20.3. The molecule has 1 saturated heterocycles. The van der Waals surface area contributed by atoms with Crippen LogP contribution in [0.5, 0.6) is 5.75 Å². The average Bonchev–Trinajstić information content (AvgIpc) is 2.56. The molecule has 0 amide bonds. The minimum atomic E-state index is 0.139. The third-order valence-corrected chi connectivity index (χ3v) is 5.70. The predicted octanol–water partition coefficient (Wildman–Crippen LogP) is 4.55. The number of ether oxygens (including phenoxy) is 1. The number of benzene rings is 1. The first-order valence-corrected chi connectivity index (χ1v) is 9.99. The van der Waals surface area contributed by atoms with Crippen LogP contribution in [0, 0.1) is 5.92 Å². The molecule has 3 heteroatoms. The molecule has 1 heterocycles. The van der Waals surface area contributed by atoms with Crippen molar-refractivity contribution in [2.24, 2.45) is 11.7 Å². The first-order chi connectivity index (χ1) is 11.8. The van der Waals surface area contributed by atoms with Crippen molar-refractivity contribution in [3.05, 3.63) is 29.3 Å². The number of hydrogen-bond donors (Lipinski definition) is 1. The fraction of sp³-hybridized carbons (Fsp3) is 0.727. The van der Waals surface area contributed by atoms with Gasteiger partial charge in [0.1, 0.15) is 5.75 Å². The summed E-state index contributed by atoms with van der Waals surface area (Å²) in [6, 6.07) is 7.37. The lowest BCUT2D eigenvalue weighted by Crippen LogP contribution is -2.40. The van der Waals surface area contributed by atoms with Crippen LogP contribution in [0.3, 0.4) is 0 Å². The van der Waals surface area contributed by atoms with Gasteiger partial charge in [0.2, 0.25) is 0 Å². The van der Waals surface area contributed by atoms with E-state index in [0.29, 0.717) is 31.0 Å². The molecule has 0 spiro atoms. The van der Waals surface area contributed by atoms with E-state index in [9.17, 15) is 0 Å². The maximum absolute atomic E-state index is 6.29. The molecule has 0 bridgehead atoms. The van der Waals surface area contributed by atoms with E-state index in [-0.39, 0.29) is 5.41 Å². The molecular formula is C22H38N2O. The topological polar surface area (TPSA) is 38.5 Å². The van der Waals surface area contributed by atoms with Crippen molar-refractivity contribution >= 4 is 0 Å². The summed E-state index contributed by atoms with van der Waals surface area (Å²) < 4.78 is 5.97. The van der Waals surface area contributed by atoms with Crippen molar-refractivity contribution in [2.75, 3.05) is 26.2 Å². The lowest BCUT2D eigenvalue weighted by Gasteiger charge is -2.38. The second-order valence-electron chi connectivity index (χ2n) is 8.74. The summed E-state index contributed by atoms with van der Waals surface area (Å²) in [5.41, 5.74) is 9.11. The highest BCUT2D eigenvalue weighted by Crippen LogP contribution is 2.39. The van der Waals surface area contributed by atoms with E-state index in [1.165, 1.54) is 37.1 Å². The Labute approximate surface area is 154 Å². The van der Waals surface area contributed by atoms with Crippen LogP contribution >= 0.6 is 0 Å². The maximum Gasteiger partial charge on any atom is 0.122 e. The van der Waals surface area contributed by atoms with Crippen molar-refractivity contribution in [1.82, 2.24) is 4.90 Å². The zero-order valence-electron chi connectivity index (χ0n) is 17.1. The molecule has 0 saturated carbocycles. The van der Waals surface area contributed by atoms with Crippen LogP contribution in [0.2, 0.25) is 0 Å². The Morgan fingerprint density at radius 3 is 2.32 bits per heavy atom. The molecule has 0 radical (unpaired) electrons. The maximum atomic E-state index is 6.29. The Bertz CT molecular complexity index is 539. The van der Waals surface area contributed by atoms with Crippen LogP contribution in [0.15, 0.2) is 18.2 Å². The smallest absolute Gasteiger partial charge is 0.122 e. The zero-order valence-corrected chi connectivity index (χ0v) is 17.1. The number of likely N-dealkylation sites (tertiary alicyclic amines) is 1. The van der Waals surface area contributed by atoms with Crippen molar-refractivity contribution in [2.45, 2.75) is 71.8 Å². The van der Waals surface area contributed by atoms with Gasteiger partial charge in [0.05, 0.1) is 6.61 Å². The van der Waals surface area contributed by atoms with E-state index >= 15 is 0 Å². The fourth-order valence-electron chi connectivity index (χ4n) is 4.00. The largest absolute Gasteiger partial charge is 0.494 e. The Morgan fingerprint density at radius 2 is 1.84 bits per heavy atom. The van der Waals surface area contributed by atoms with E-state index in [4.69, 9.17) is 10.5 Å². The van der Waals surface area contributed by atoms with Crippen LogP contribution < -0.4 is 10.5 Å². The molecule has 0 aromatic heterocycles. The van der Waals surface area contributed by atoms with Crippen LogP contribution in [0.1, 0.15) is 71.4 Å². The molecule has 0 aliphatic carbocycles. The van der Waals surface area contributed by atoms with Gasteiger partial charge in [0.25, 0.3) is 0 Å². The van der Waals surface area contributed by atoms with Gasteiger partial charge in [0.15, 0.2) is 0 Å². The van der Waals surface area contributed by atoms with Crippen molar-refractivity contribution in [3.8, 4) is 5.75 Å². The molecule has 1 aromatic carbocycles. The van der Waals surface area contributed by atoms with Gasteiger partial charge >= 0.3 is 0 Å². The highest BCUT2D eigenvalue weighted by Gasteiger charge is 2.30. The van der Waals surface area contributed by atoms with Crippen LogP contribution in [-0.2, 0) is 5.41 Å². The molecule has 1 fully saturated rings. The molecular weight excluding hydrogens is 308 g/mol. The monoisotopic (exact) mass is 346 g/mol. The van der Waals surface area contributed by atoms with Crippen molar-refractivity contribution in [1.29, 1.82) is 0 Å². The van der Waals surface area contributed by atoms with Crippen molar-refractivity contribution in [3.63, 3.8) is 0 Å². The van der Waals surface area contributed by atoms with Crippen LogP contribution in [0.4, 0.5) is 0 Å². The van der Waals surface area contributed by atoms with E-state index < -0.39 is 0 Å². The van der Waals surface area contributed by atoms with Gasteiger partial charge in [-0.3, -0.25) is 0 Å². The van der Waals surface area contributed by atoms with Gasteiger partial charge in [-0.25, -0.2) is 0 Å². The molecule has 1 aromatic rings. The van der Waals surface area contributed by atoms with Gasteiger partial charge in [-0.2, -0.15) is 0 Å². The van der Waals surface area contributed by atoms with Gasteiger partial charge in [0, 0.05) is 12.0 Å². The Kier molecular flexibility index (Phi) is 6.93. The molecule has 1 aliphatic rings. The lowest BCUT2D eigenvalue weighted by molar-refractivity contribution is 0.137. The lowest BCUT2D eigenvalue weighted by atomic mass is 9.77. The molecule has 25 heavy (non-hydrogen) atoms. The van der Waals surface area contributed by atoms with E-state index in [1.54, 1.807) is 0 Å². The summed E-state index contributed by atoms with van der Waals surface area (Å²) in [4.78, 5) is 2.58. The average molecular weight is 347 g/mol. The van der Waals surface area contributed by atoms with Gasteiger partial charge in [-0.05, 0) is 81.8 Å². The summed E-state index contributed by atoms with van der Waals surface area (Å²) in [5, 5.41) is 0. The van der Waals surface area contributed by atoms with E-state index in [1.807, 2.05) is 0 Å². The van der Waals surface area contributed by atoms with Crippen LogP contribution in [-0.4, -0.2) is 37.2 Å². The summed E-state index contributed by atoms with van der Waals surface area (Å²) in [7, 11) is 0. The third-order valence-electron chi connectivity index (χ3n) is 5.70. The molecule has 2 N–H and O–H groups in total. The second-order valence-corrected chi connectivity index (χ2v) is 8.74. The van der Waals surface area contributed by atoms with Crippen molar-refractivity contribution < 1.29 is 4.74 Å². The molecule has 1 atom stereocenters. The van der Waals surface area contributed by atoms with Gasteiger partial charge < -0.3 is 15.4 Å². The third kappa shape index (κ3) is 4.98. The molecule has 142 valence electrons. The normalized spacial score (nSPS) is 18.6. The summed E-state index contributed by atoms with van der Waals surface area (Å²) in [5.74, 6) is 2.06. The van der Waals surface area contributed by atoms with Crippen LogP contribution in [0.25, 0.3) is 0 Å². The van der Waals surface area contributed by atoms with E-state index in [0.717, 1.165) is 5.75 Å².